The zero-order valence-electron chi connectivity index (χ0n) is 12.2. The van der Waals surface area contributed by atoms with Crippen molar-refractivity contribution in [1.29, 1.82) is 0 Å². The molecule has 0 heterocycles. The summed E-state index contributed by atoms with van der Waals surface area (Å²) in [6, 6.07) is 17.0. The predicted molar refractivity (Wildman–Crippen MR) is 82.3 cm³/mol. The van der Waals surface area contributed by atoms with Gasteiger partial charge in [-0.2, -0.15) is 0 Å². The molecule has 0 aliphatic heterocycles. The van der Waals surface area contributed by atoms with Crippen LogP contribution in [-0.4, -0.2) is 5.97 Å². The first kappa shape index (κ1) is 14.9. The summed E-state index contributed by atoms with van der Waals surface area (Å²) in [6.45, 7) is 7.03. The van der Waals surface area contributed by atoms with E-state index in [9.17, 15) is 4.79 Å². The average molecular weight is 282 g/mol. The van der Waals surface area contributed by atoms with Crippen LogP contribution in [0.1, 0.15) is 25.5 Å². The SMILES string of the molecule is C=C(C)C(=O)OC(C)c1ccccc1Oc1ccccc1. The zero-order chi connectivity index (χ0) is 15.2. The molecular formula is C18H18O3. The Morgan fingerprint density at radius 2 is 1.67 bits per heavy atom. The molecule has 0 aliphatic rings. The molecule has 0 spiro atoms. The van der Waals surface area contributed by atoms with E-state index in [-0.39, 0.29) is 0 Å². The predicted octanol–water partition coefficient (Wildman–Crippen LogP) is 4.66. The van der Waals surface area contributed by atoms with E-state index in [0.29, 0.717) is 11.3 Å². The highest BCUT2D eigenvalue weighted by Crippen LogP contribution is 2.31. The van der Waals surface area contributed by atoms with E-state index in [1.54, 1.807) is 6.92 Å². The normalized spacial score (nSPS) is 11.5. The third-order valence-electron chi connectivity index (χ3n) is 2.96. The second-order valence-corrected chi connectivity index (χ2v) is 4.78. The van der Waals surface area contributed by atoms with Crippen molar-refractivity contribution in [3.63, 3.8) is 0 Å². The second kappa shape index (κ2) is 6.75. The number of hydrogen-bond donors (Lipinski definition) is 0. The monoisotopic (exact) mass is 282 g/mol. The molecule has 0 fully saturated rings. The van der Waals surface area contributed by atoms with Crippen molar-refractivity contribution in [3.05, 3.63) is 72.3 Å². The van der Waals surface area contributed by atoms with Crippen LogP contribution in [0.5, 0.6) is 11.5 Å². The lowest BCUT2D eigenvalue weighted by Gasteiger charge is -2.17. The molecule has 0 bridgehead atoms. The van der Waals surface area contributed by atoms with Gasteiger partial charge in [0.25, 0.3) is 0 Å². The van der Waals surface area contributed by atoms with Gasteiger partial charge in [0.15, 0.2) is 0 Å². The first-order valence-corrected chi connectivity index (χ1v) is 6.76. The third-order valence-corrected chi connectivity index (χ3v) is 2.96. The van der Waals surface area contributed by atoms with Gasteiger partial charge in [0, 0.05) is 11.1 Å². The topological polar surface area (TPSA) is 35.5 Å². The highest BCUT2D eigenvalue weighted by Gasteiger charge is 2.16. The molecule has 108 valence electrons. The fraction of sp³-hybridized carbons (Fsp3) is 0.167. The van der Waals surface area contributed by atoms with Crippen molar-refractivity contribution in [2.24, 2.45) is 0 Å². The van der Waals surface area contributed by atoms with Gasteiger partial charge in [0.05, 0.1) is 0 Å². The molecule has 1 unspecified atom stereocenters. The van der Waals surface area contributed by atoms with Gasteiger partial charge in [-0.3, -0.25) is 0 Å². The van der Waals surface area contributed by atoms with Crippen LogP contribution in [-0.2, 0) is 9.53 Å². The number of carbonyl (C=O) groups excluding carboxylic acids is 1. The van der Waals surface area contributed by atoms with E-state index in [2.05, 4.69) is 6.58 Å². The second-order valence-electron chi connectivity index (χ2n) is 4.78. The largest absolute Gasteiger partial charge is 0.457 e. The number of ether oxygens (including phenoxy) is 2. The molecule has 0 amide bonds. The lowest BCUT2D eigenvalue weighted by Crippen LogP contribution is -2.10. The summed E-state index contributed by atoms with van der Waals surface area (Å²) in [6.07, 6.45) is -0.408. The van der Waals surface area contributed by atoms with Gasteiger partial charge in [-0.1, -0.05) is 43.0 Å². The summed E-state index contributed by atoms with van der Waals surface area (Å²) in [5.41, 5.74) is 1.19. The lowest BCUT2D eigenvalue weighted by molar-refractivity contribution is -0.143. The molecule has 3 nitrogen and oxygen atoms in total. The van der Waals surface area contributed by atoms with E-state index in [1.165, 1.54) is 0 Å². The van der Waals surface area contributed by atoms with Crippen LogP contribution in [0.15, 0.2) is 66.7 Å². The Morgan fingerprint density at radius 3 is 2.33 bits per heavy atom. The molecule has 0 radical (unpaired) electrons. The molecule has 2 aromatic carbocycles. The van der Waals surface area contributed by atoms with Gasteiger partial charge in [-0.15, -0.1) is 0 Å². The van der Waals surface area contributed by atoms with Crippen molar-refractivity contribution in [2.75, 3.05) is 0 Å². The third kappa shape index (κ3) is 3.96. The highest BCUT2D eigenvalue weighted by atomic mass is 16.5. The molecule has 2 aromatic rings. The molecule has 1 atom stereocenters. The molecule has 3 heteroatoms. The molecular weight excluding hydrogens is 264 g/mol. The van der Waals surface area contributed by atoms with E-state index in [1.807, 2.05) is 61.5 Å². The number of esters is 1. The quantitative estimate of drug-likeness (QED) is 0.591. The average Bonchev–Trinajstić information content (AvgIpc) is 2.48. The van der Waals surface area contributed by atoms with Crippen LogP contribution >= 0.6 is 0 Å². The van der Waals surface area contributed by atoms with Gasteiger partial charge in [0.2, 0.25) is 0 Å². The minimum atomic E-state index is -0.408. The fourth-order valence-electron chi connectivity index (χ4n) is 1.85. The number of benzene rings is 2. The van der Waals surface area contributed by atoms with Gasteiger partial charge in [-0.25, -0.2) is 4.79 Å². The Bertz CT molecular complexity index is 632. The smallest absolute Gasteiger partial charge is 0.333 e. The lowest BCUT2D eigenvalue weighted by atomic mass is 10.1. The number of para-hydroxylation sites is 2. The Balaban J connectivity index is 2.20. The van der Waals surface area contributed by atoms with Gasteiger partial charge < -0.3 is 9.47 Å². The minimum Gasteiger partial charge on any atom is -0.457 e. The fourth-order valence-corrected chi connectivity index (χ4v) is 1.85. The van der Waals surface area contributed by atoms with Crippen molar-refractivity contribution in [1.82, 2.24) is 0 Å². The van der Waals surface area contributed by atoms with Crippen molar-refractivity contribution >= 4 is 5.97 Å². The minimum absolute atomic E-state index is 0.378. The number of rotatable bonds is 5. The number of hydrogen-bond acceptors (Lipinski definition) is 3. The van der Waals surface area contributed by atoms with Crippen LogP contribution in [0.25, 0.3) is 0 Å². The summed E-state index contributed by atoms with van der Waals surface area (Å²) in [4.78, 5) is 11.6. The van der Waals surface area contributed by atoms with Gasteiger partial charge >= 0.3 is 5.97 Å². The Kier molecular flexibility index (Phi) is 4.77. The van der Waals surface area contributed by atoms with E-state index in [0.717, 1.165) is 11.3 Å². The highest BCUT2D eigenvalue weighted by molar-refractivity contribution is 5.87. The molecule has 0 N–H and O–H groups in total. The van der Waals surface area contributed by atoms with Gasteiger partial charge in [0.1, 0.15) is 17.6 Å². The first-order valence-electron chi connectivity index (χ1n) is 6.76. The molecule has 21 heavy (non-hydrogen) atoms. The summed E-state index contributed by atoms with van der Waals surface area (Å²) >= 11 is 0. The van der Waals surface area contributed by atoms with Crippen LogP contribution in [0.3, 0.4) is 0 Å². The van der Waals surface area contributed by atoms with Crippen LogP contribution in [0, 0.1) is 0 Å². The molecule has 0 saturated carbocycles. The van der Waals surface area contributed by atoms with E-state index >= 15 is 0 Å². The maximum absolute atomic E-state index is 11.6. The Morgan fingerprint density at radius 1 is 1.05 bits per heavy atom. The van der Waals surface area contributed by atoms with Crippen LogP contribution < -0.4 is 4.74 Å². The van der Waals surface area contributed by atoms with Gasteiger partial charge in [-0.05, 0) is 32.0 Å². The summed E-state index contributed by atoms with van der Waals surface area (Å²) in [5, 5.41) is 0. The van der Waals surface area contributed by atoms with Crippen LogP contribution in [0.4, 0.5) is 0 Å². The molecule has 0 saturated heterocycles. The molecule has 2 rings (SSSR count). The van der Waals surface area contributed by atoms with E-state index < -0.39 is 12.1 Å². The zero-order valence-corrected chi connectivity index (χ0v) is 12.2. The number of carbonyl (C=O) groups is 1. The first-order chi connectivity index (χ1) is 10.1. The van der Waals surface area contributed by atoms with Crippen molar-refractivity contribution in [3.8, 4) is 11.5 Å². The van der Waals surface area contributed by atoms with Crippen molar-refractivity contribution in [2.45, 2.75) is 20.0 Å². The summed E-state index contributed by atoms with van der Waals surface area (Å²) in [7, 11) is 0. The molecule has 0 aromatic heterocycles. The molecule has 0 aliphatic carbocycles. The Hall–Kier alpha value is -2.55. The summed E-state index contributed by atoms with van der Waals surface area (Å²) < 4.78 is 11.2. The van der Waals surface area contributed by atoms with E-state index in [4.69, 9.17) is 9.47 Å². The standard InChI is InChI=1S/C18H18O3/c1-13(2)18(19)20-14(3)16-11-7-8-12-17(16)21-15-9-5-4-6-10-15/h4-12,14H,1H2,2-3H3. The maximum Gasteiger partial charge on any atom is 0.333 e. The van der Waals surface area contributed by atoms with Crippen molar-refractivity contribution < 1.29 is 14.3 Å². The summed E-state index contributed by atoms with van der Waals surface area (Å²) in [5.74, 6) is 1.01. The Labute approximate surface area is 124 Å². The maximum atomic E-state index is 11.6. The van der Waals surface area contributed by atoms with Crippen LogP contribution in [0.2, 0.25) is 0 Å².